The molecule has 0 bridgehead atoms. The van der Waals surface area contributed by atoms with Crippen LogP contribution in [0.2, 0.25) is 0 Å². The maximum atomic E-state index is 4.82. The van der Waals surface area contributed by atoms with E-state index in [1.807, 2.05) is 12.3 Å². The van der Waals surface area contributed by atoms with Crippen molar-refractivity contribution in [1.29, 1.82) is 0 Å². The summed E-state index contributed by atoms with van der Waals surface area (Å²) in [6, 6.07) is 8.51. The molecule has 0 fully saturated rings. The molecule has 3 rings (SSSR count). The first-order valence-corrected chi connectivity index (χ1v) is 7.93. The van der Waals surface area contributed by atoms with Gasteiger partial charge in [0.15, 0.2) is 0 Å². The van der Waals surface area contributed by atoms with Gasteiger partial charge in [-0.2, -0.15) is 0 Å². The Labute approximate surface area is 129 Å². The first-order chi connectivity index (χ1) is 10.1. The number of aromatic nitrogens is 2. The molecular weight excluding hydrogens is 276 g/mol. The molecule has 0 saturated carbocycles. The van der Waals surface area contributed by atoms with Crippen molar-refractivity contribution in [1.82, 2.24) is 9.97 Å². The van der Waals surface area contributed by atoms with Crippen molar-refractivity contribution < 1.29 is 0 Å². The maximum absolute atomic E-state index is 4.82. The van der Waals surface area contributed by atoms with Gasteiger partial charge in [0.2, 0.25) is 0 Å². The van der Waals surface area contributed by atoms with Gasteiger partial charge in [0.1, 0.15) is 0 Å². The van der Waals surface area contributed by atoms with E-state index in [2.05, 4.69) is 49.3 Å². The first kappa shape index (κ1) is 14.0. The highest BCUT2D eigenvalue weighted by Crippen LogP contribution is 2.30. The van der Waals surface area contributed by atoms with E-state index in [-0.39, 0.29) is 0 Å². The molecule has 2 heterocycles. The van der Waals surface area contributed by atoms with Crippen molar-refractivity contribution in [2.45, 2.75) is 27.2 Å². The Hall–Kier alpha value is -2.00. The smallest absolute Gasteiger partial charge is 0.0977 e. The van der Waals surface area contributed by atoms with Gasteiger partial charge in [0.05, 0.1) is 10.7 Å². The fourth-order valence-electron chi connectivity index (χ4n) is 2.77. The molecular formula is C18H18N2S. The predicted octanol–water partition coefficient (Wildman–Crippen LogP) is 4.72. The Bertz CT molecular complexity index is 737. The Morgan fingerprint density at radius 3 is 2.52 bits per heavy atom. The lowest BCUT2D eigenvalue weighted by atomic mass is 9.98. The molecule has 0 saturated heterocycles. The zero-order chi connectivity index (χ0) is 14.8. The summed E-state index contributed by atoms with van der Waals surface area (Å²) in [5.41, 5.74) is 7.47. The molecule has 3 aromatic rings. The molecule has 0 N–H and O–H groups in total. The molecule has 0 aliphatic carbocycles. The molecule has 3 heteroatoms. The lowest BCUT2D eigenvalue weighted by Gasteiger charge is -2.08. The predicted molar refractivity (Wildman–Crippen MR) is 88.8 cm³/mol. The van der Waals surface area contributed by atoms with E-state index in [9.17, 15) is 0 Å². The minimum absolute atomic E-state index is 0.850. The van der Waals surface area contributed by atoms with Crippen molar-refractivity contribution >= 4 is 11.3 Å². The van der Waals surface area contributed by atoms with E-state index in [1.165, 1.54) is 27.8 Å². The highest BCUT2D eigenvalue weighted by molar-refractivity contribution is 7.10. The largest absolute Gasteiger partial charge is 0.264 e. The van der Waals surface area contributed by atoms with Gasteiger partial charge >= 0.3 is 0 Å². The third-order valence-corrected chi connectivity index (χ3v) is 4.41. The molecule has 1 aromatic carbocycles. The number of thiazole rings is 1. The van der Waals surface area contributed by atoms with Crippen LogP contribution < -0.4 is 0 Å². The summed E-state index contributed by atoms with van der Waals surface area (Å²) >= 11 is 1.72. The summed E-state index contributed by atoms with van der Waals surface area (Å²) < 4.78 is 0. The summed E-state index contributed by atoms with van der Waals surface area (Å²) in [5.74, 6) is 0. The van der Waals surface area contributed by atoms with E-state index in [1.54, 1.807) is 17.5 Å². The van der Waals surface area contributed by atoms with Crippen LogP contribution in [0.5, 0.6) is 0 Å². The van der Waals surface area contributed by atoms with E-state index in [4.69, 9.17) is 4.98 Å². The summed E-state index contributed by atoms with van der Waals surface area (Å²) in [6.07, 6.45) is 4.56. The molecule has 0 spiro atoms. The Kier molecular flexibility index (Phi) is 3.84. The molecule has 2 nitrogen and oxygen atoms in total. The number of hydrogen-bond acceptors (Lipinski definition) is 3. The van der Waals surface area contributed by atoms with Crippen LogP contribution in [0.4, 0.5) is 0 Å². The molecule has 0 unspecified atom stereocenters. The molecule has 21 heavy (non-hydrogen) atoms. The van der Waals surface area contributed by atoms with Gasteiger partial charge in [0.25, 0.3) is 0 Å². The third kappa shape index (κ3) is 3.03. The zero-order valence-electron chi connectivity index (χ0n) is 12.6. The number of benzene rings is 1. The van der Waals surface area contributed by atoms with Gasteiger partial charge in [-0.15, -0.1) is 11.3 Å². The van der Waals surface area contributed by atoms with Crippen molar-refractivity contribution in [3.05, 3.63) is 69.3 Å². The maximum Gasteiger partial charge on any atom is 0.0977 e. The fourth-order valence-corrected chi connectivity index (χ4v) is 3.59. The standard InChI is InChI=1S/C18H18N2S/c1-12-7-13(2)18(14(3)8-12)16-11-21-17(20-16)9-15-5-4-6-19-10-15/h4-8,10-11H,9H2,1-3H3. The number of nitrogens with zero attached hydrogens (tertiary/aromatic N) is 2. The van der Waals surface area contributed by atoms with Gasteiger partial charge in [-0.3, -0.25) is 4.98 Å². The van der Waals surface area contributed by atoms with Crippen LogP contribution in [0.3, 0.4) is 0 Å². The molecule has 0 radical (unpaired) electrons. The average molecular weight is 294 g/mol. The van der Waals surface area contributed by atoms with Crippen LogP contribution in [-0.2, 0) is 6.42 Å². The number of hydrogen-bond donors (Lipinski definition) is 0. The van der Waals surface area contributed by atoms with Crippen molar-refractivity contribution in [3.8, 4) is 11.3 Å². The minimum Gasteiger partial charge on any atom is -0.264 e. The lowest BCUT2D eigenvalue weighted by Crippen LogP contribution is -1.92. The number of rotatable bonds is 3. The van der Waals surface area contributed by atoms with E-state index >= 15 is 0 Å². The molecule has 2 aromatic heterocycles. The second-order valence-electron chi connectivity index (χ2n) is 5.44. The number of aryl methyl sites for hydroxylation is 3. The number of pyridine rings is 1. The van der Waals surface area contributed by atoms with Gasteiger partial charge in [-0.25, -0.2) is 4.98 Å². The van der Waals surface area contributed by atoms with E-state index in [0.717, 1.165) is 17.1 Å². The average Bonchev–Trinajstić information content (AvgIpc) is 2.87. The molecule has 106 valence electrons. The topological polar surface area (TPSA) is 25.8 Å². The normalized spacial score (nSPS) is 10.8. The summed E-state index contributed by atoms with van der Waals surface area (Å²) in [6.45, 7) is 6.46. The molecule has 0 aliphatic heterocycles. The van der Waals surface area contributed by atoms with E-state index < -0.39 is 0 Å². The quantitative estimate of drug-likeness (QED) is 0.698. The second kappa shape index (κ2) is 5.78. The highest BCUT2D eigenvalue weighted by Gasteiger charge is 2.11. The monoisotopic (exact) mass is 294 g/mol. The van der Waals surface area contributed by atoms with E-state index in [0.29, 0.717) is 0 Å². The minimum atomic E-state index is 0.850. The van der Waals surface area contributed by atoms with Crippen molar-refractivity contribution in [3.63, 3.8) is 0 Å². The molecule has 0 aliphatic rings. The summed E-state index contributed by atoms with van der Waals surface area (Å²) in [7, 11) is 0. The van der Waals surface area contributed by atoms with Crippen molar-refractivity contribution in [2.24, 2.45) is 0 Å². The second-order valence-corrected chi connectivity index (χ2v) is 6.38. The zero-order valence-corrected chi connectivity index (χ0v) is 13.4. The Balaban J connectivity index is 1.92. The van der Waals surface area contributed by atoms with Gasteiger partial charge < -0.3 is 0 Å². The first-order valence-electron chi connectivity index (χ1n) is 7.05. The summed E-state index contributed by atoms with van der Waals surface area (Å²) in [4.78, 5) is 8.98. The van der Waals surface area contributed by atoms with Crippen LogP contribution in [0.1, 0.15) is 27.3 Å². The molecule has 0 atom stereocenters. The highest BCUT2D eigenvalue weighted by atomic mass is 32.1. The Morgan fingerprint density at radius 1 is 1.10 bits per heavy atom. The van der Waals surface area contributed by atoms with Gasteiger partial charge in [-0.1, -0.05) is 23.8 Å². The SMILES string of the molecule is Cc1cc(C)c(-c2csc(Cc3cccnc3)n2)c(C)c1. The van der Waals surface area contributed by atoms with Gasteiger partial charge in [-0.05, 0) is 43.5 Å². The van der Waals surface area contributed by atoms with Crippen LogP contribution >= 0.6 is 11.3 Å². The van der Waals surface area contributed by atoms with Crippen LogP contribution in [0.15, 0.2) is 42.0 Å². The Morgan fingerprint density at radius 2 is 1.86 bits per heavy atom. The third-order valence-electron chi connectivity index (χ3n) is 3.56. The fraction of sp³-hybridized carbons (Fsp3) is 0.222. The summed E-state index contributed by atoms with van der Waals surface area (Å²) in [5, 5.41) is 3.30. The van der Waals surface area contributed by atoms with Crippen LogP contribution in [-0.4, -0.2) is 9.97 Å². The molecule has 0 amide bonds. The van der Waals surface area contributed by atoms with Crippen LogP contribution in [0.25, 0.3) is 11.3 Å². The van der Waals surface area contributed by atoms with Crippen LogP contribution in [0, 0.1) is 20.8 Å². The van der Waals surface area contributed by atoms with Crippen molar-refractivity contribution in [2.75, 3.05) is 0 Å². The van der Waals surface area contributed by atoms with Gasteiger partial charge in [0, 0.05) is 29.8 Å². The lowest BCUT2D eigenvalue weighted by molar-refractivity contribution is 1.11.